The number of rotatable bonds is 4. The zero-order chi connectivity index (χ0) is 31.5. The Hall–Kier alpha value is -0.820. The Balaban J connectivity index is 3.11. The highest BCUT2D eigenvalue weighted by molar-refractivity contribution is 7.95. The number of sulfonamides is 2. The normalized spacial score (nSPS) is 12.8. The molecule has 0 spiro atoms. The van der Waals surface area contributed by atoms with Gasteiger partial charge in [0.05, 0.1) is 40.2 Å². The number of hydrogen-bond acceptors (Lipinski definition) is 6. The van der Waals surface area contributed by atoms with Crippen LogP contribution >= 0.6 is 92.8 Å². The quantitative estimate of drug-likeness (QED) is 0.177. The second kappa shape index (κ2) is 11.7. The summed E-state index contributed by atoms with van der Waals surface area (Å²) in [6, 6.07) is 1.30. The monoisotopic (exact) mass is 776 g/mol. The number of halogens is 14. The molecule has 0 radical (unpaired) electrons. The molecule has 0 atom stereocenters. The molecule has 40 heavy (non-hydrogen) atoms. The molecule has 2 rings (SSSR count). The van der Waals surface area contributed by atoms with Crippen LogP contribution in [0.5, 0.6) is 0 Å². The van der Waals surface area contributed by atoms with Gasteiger partial charge in [-0.25, -0.2) is 0 Å². The molecule has 2 aromatic rings. The molecule has 0 bridgehead atoms. The molecule has 0 N–H and O–H groups in total. The van der Waals surface area contributed by atoms with Crippen molar-refractivity contribution in [3.63, 3.8) is 0 Å². The van der Waals surface area contributed by atoms with E-state index in [0.29, 0.717) is 12.1 Å². The van der Waals surface area contributed by atoms with Crippen molar-refractivity contribution in [1.82, 2.24) is 0 Å². The summed E-state index contributed by atoms with van der Waals surface area (Å²) in [5.41, 5.74) is -16.6. The smallest absolute Gasteiger partial charge is 0.262 e. The Morgan fingerprint density at radius 3 is 0.900 bits per heavy atom. The number of carbonyl (C=O) groups is 2. The first-order chi connectivity index (χ1) is 17.8. The van der Waals surface area contributed by atoms with Crippen LogP contribution in [0.15, 0.2) is 12.1 Å². The summed E-state index contributed by atoms with van der Waals surface area (Å²) in [6.07, 6.45) is 0. The Morgan fingerprint density at radius 2 is 0.725 bits per heavy atom. The fourth-order valence-corrected chi connectivity index (χ4v) is 6.51. The summed E-state index contributed by atoms with van der Waals surface area (Å²) in [4.78, 5) is 26.2. The van der Waals surface area contributed by atoms with E-state index in [1.165, 1.54) is 0 Å². The molecule has 24 heteroatoms. The minimum Gasteiger partial charge on any atom is -0.262 e. The van der Waals surface area contributed by atoms with E-state index < -0.39 is 103 Å². The van der Waals surface area contributed by atoms with Crippen LogP contribution in [0.2, 0.25) is 40.2 Å². The van der Waals surface area contributed by atoms with Gasteiger partial charge in [-0.3, -0.25) is 9.59 Å². The average Bonchev–Trinajstić information content (AvgIpc) is 2.79. The van der Waals surface area contributed by atoms with E-state index in [9.17, 15) is 52.8 Å². The van der Waals surface area contributed by atoms with E-state index >= 15 is 0 Å². The summed E-state index contributed by atoms with van der Waals surface area (Å²) in [5, 5.41) is -8.67. The number of anilines is 2. The predicted octanol–water partition coefficient (Wildman–Crippen LogP) is 7.98. The number of amides is 2. The Morgan fingerprint density at radius 1 is 0.525 bits per heavy atom. The Kier molecular flexibility index (Phi) is 10.3. The third-order valence-electron chi connectivity index (χ3n) is 4.20. The molecule has 8 nitrogen and oxygen atoms in total. The van der Waals surface area contributed by atoms with Crippen LogP contribution in [-0.2, 0) is 29.6 Å². The molecule has 0 saturated carbocycles. The molecular weight excluding hydrogens is 778 g/mol. The first kappa shape index (κ1) is 35.4. The molecule has 0 aliphatic carbocycles. The predicted molar refractivity (Wildman–Crippen MR) is 138 cm³/mol. The van der Waals surface area contributed by atoms with Crippen LogP contribution < -0.4 is 8.61 Å². The van der Waals surface area contributed by atoms with Crippen molar-refractivity contribution in [1.29, 1.82) is 0 Å². The van der Waals surface area contributed by atoms with Gasteiger partial charge in [-0.05, 0) is 12.1 Å². The molecule has 0 saturated heterocycles. The summed E-state index contributed by atoms with van der Waals surface area (Å²) < 4.78 is 128. The maximum absolute atomic E-state index is 13.6. The zero-order valence-electron chi connectivity index (χ0n) is 17.6. The van der Waals surface area contributed by atoms with Gasteiger partial charge in [-0.15, -0.1) is 0 Å². The molecule has 0 unspecified atom stereocenters. The summed E-state index contributed by atoms with van der Waals surface area (Å²) in [7, 11) is -14.4. The van der Waals surface area contributed by atoms with E-state index in [1.807, 2.05) is 0 Å². The van der Waals surface area contributed by atoms with Crippen LogP contribution in [-0.4, -0.2) is 39.7 Å². The molecule has 222 valence electrons. The van der Waals surface area contributed by atoms with Crippen LogP contribution in [0.25, 0.3) is 0 Å². The van der Waals surface area contributed by atoms with Gasteiger partial charge in [-0.1, -0.05) is 92.8 Å². The molecule has 0 aliphatic rings. The first-order valence-corrected chi connectivity index (χ1v) is 14.7. The topological polar surface area (TPSA) is 109 Å². The lowest BCUT2D eigenvalue weighted by Crippen LogP contribution is -2.55. The highest BCUT2D eigenvalue weighted by atomic mass is 35.5. The van der Waals surface area contributed by atoms with Crippen molar-refractivity contribution < 1.29 is 52.8 Å². The number of benzene rings is 2. The summed E-state index contributed by atoms with van der Waals surface area (Å²) >= 11 is 45.5. The van der Waals surface area contributed by atoms with E-state index in [4.69, 9.17) is 92.8 Å². The maximum Gasteiger partial charge on any atom is 0.517 e. The second-order valence-electron chi connectivity index (χ2n) is 6.67. The van der Waals surface area contributed by atoms with Gasteiger partial charge in [-0.2, -0.15) is 51.8 Å². The molecule has 0 aromatic heterocycles. The fraction of sp³-hybridized carbons (Fsp3) is 0.125. The molecule has 2 aromatic carbocycles. The largest absolute Gasteiger partial charge is 0.517 e. The van der Waals surface area contributed by atoms with E-state index in [1.54, 1.807) is 0 Å². The van der Waals surface area contributed by atoms with Crippen molar-refractivity contribution in [3.8, 4) is 0 Å². The second-order valence-corrected chi connectivity index (χ2v) is 13.4. The SMILES string of the molecule is O=C(C(=O)N(c1c(Cl)c(Cl)cc(Cl)c1Cl)S(=O)(=O)C(F)(F)F)N(c1c(Cl)c(Cl)cc(Cl)c1Cl)S(=O)(=O)C(F)(F)F. The van der Waals surface area contributed by atoms with Gasteiger partial charge < -0.3 is 0 Å². The molecule has 2 amide bonds. The van der Waals surface area contributed by atoms with Gasteiger partial charge in [0.1, 0.15) is 11.4 Å². The lowest BCUT2D eigenvalue weighted by atomic mass is 10.3. The molecule has 0 aliphatic heterocycles. The van der Waals surface area contributed by atoms with Crippen molar-refractivity contribution in [2.24, 2.45) is 0 Å². The summed E-state index contributed by atoms with van der Waals surface area (Å²) in [5.74, 6) is -6.34. The highest BCUT2D eigenvalue weighted by Gasteiger charge is 2.59. The number of nitrogens with zero attached hydrogens (tertiary/aromatic N) is 2. The Bertz CT molecular complexity index is 1480. The third-order valence-corrected chi connectivity index (χ3v) is 10.1. The number of carbonyl (C=O) groups excluding carboxylic acids is 2. The highest BCUT2D eigenvalue weighted by Crippen LogP contribution is 2.48. The zero-order valence-corrected chi connectivity index (χ0v) is 25.3. The van der Waals surface area contributed by atoms with Gasteiger partial charge in [0, 0.05) is 0 Å². The van der Waals surface area contributed by atoms with Crippen molar-refractivity contribution in [3.05, 3.63) is 52.3 Å². The van der Waals surface area contributed by atoms with Gasteiger partial charge in [0.25, 0.3) is 0 Å². The molecule has 0 fully saturated rings. The third kappa shape index (κ3) is 6.12. The maximum atomic E-state index is 13.6. The number of hydrogen-bond donors (Lipinski definition) is 0. The Labute approximate surface area is 259 Å². The van der Waals surface area contributed by atoms with Crippen LogP contribution in [0.4, 0.5) is 37.7 Å². The van der Waals surface area contributed by atoms with E-state index in [2.05, 4.69) is 0 Å². The first-order valence-electron chi connectivity index (χ1n) is 8.79. The van der Waals surface area contributed by atoms with Gasteiger partial charge in [0.15, 0.2) is 0 Å². The van der Waals surface area contributed by atoms with Crippen LogP contribution in [0.1, 0.15) is 0 Å². The lowest BCUT2D eigenvalue weighted by Gasteiger charge is -2.29. The fourth-order valence-electron chi connectivity index (χ4n) is 2.52. The van der Waals surface area contributed by atoms with E-state index in [0.717, 1.165) is 0 Å². The minimum absolute atomic E-state index is 0.649. The van der Waals surface area contributed by atoms with Crippen molar-refractivity contribution >= 4 is 136 Å². The van der Waals surface area contributed by atoms with Crippen LogP contribution in [0.3, 0.4) is 0 Å². The van der Waals surface area contributed by atoms with Crippen molar-refractivity contribution in [2.75, 3.05) is 8.61 Å². The van der Waals surface area contributed by atoms with Crippen molar-refractivity contribution in [2.45, 2.75) is 11.0 Å². The lowest BCUT2D eigenvalue weighted by molar-refractivity contribution is -0.135. The average molecular weight is 780 g/mol. The molecular formula is C16H2Cl8F6N2O6S2. The molecule has 0 heterocycles. The number of alkyl halides is 6. The summed E-state index contributed by atoms with van der Waals surface area (Å²) in [6.45, 7) is 0. The van der Waals surface area contributed by atoms with Gasteiger partial charge in [0.2, 0.25) is 0 Å². The minimum atomic E-state index is -7.19. The van der Waals surface area contributed by atoms with E-state index in [-0.39, 0.29) is 0 Å². The van der Waals surface area contributed by atoms with Crippen LogP contribution in [0, 0.1) is 0 Å². The standard InChI is InChI=1S/C16H2Cl8F6N2O6S2/c17-3-1-4(18)8(22)11(7(3)21)31(39(35,36)15(25,26)27)13(33)14(34)32(40(37,38)16(28,29)30)12-9(23)5(19)2-6(20)10(12)24/h1-2H. The van der Waals surface area contributed by atoms with Gasteiger partial charge >= 0.3 is 42.9 Å².